The first-order valence-electron chi connectivity index (χ1n) is 6.41. The minimum absolute atomic E-state index is 0.0260. The third kappa shape index (κ3) is 1.92. The molecule has 5 heteroatoms. The molecule has 0 radical (unpaired) electrons. The molecule has 2 fully saturated rings. The van der Waals surface area contributed by atoms with Crippen molar-refractivity contribution in [3.63, 3.8) is 0 Å². The summed E-state index contributed by atoms with van der Waals surface area (Å²) >= 11 is 0. The summed E-state index contributed by atoms with van der Waals surface area (Å²) in [6.07, 6.45) is 5.75. The van der Waals surface area contributed by atoms with E-state index in [4.69, 9.17) is 14.3 Å². The lowest BCUT2D eigenvalue weighted by Gasteiger charge is -2.39. The van der Waals surface area contributed by atoms with Crippen LogP contribution in [0.4, 0.5) is 0 Å². The molecule has 18 heavy (non-hydrogen) atoms. The molecule has 3 rings (SSSR count). The Morgan fingerprint density at radius 3 is 2.72 bits per heavy atom. The Kier molecular flexibility index (Phi) is 2.66. The Morgan fingerprint density at radius 1 is 1.56 bits per heavy atom. The Labute approximate surface area is 105 Å². The van der Waals surface area contributed by atoms with Crippen LogP contribution in [0, 0.1) is 0 Å². The van der Waals surface area contributed by atoms with Crippen LogP contribution in [0.3, 0.4) is 0 Å². The van der Waals surface area contributed by atoms with E-state index in [1.54, 1.807) is 7.11 Å². The molecule has 0 atom stereocenters. The van der Waals surface area contributed by atoms with Crippen molar-refractivity contribution in [2.24, 2.45) is 0 Å². The molecule has 2 aliphatic carbocycles. The molecule has 0 aliphatic heterocycles. The Balaban J connectivity index is 1.84. The van der Waals surface area contributed by atoms with Gasteiger partial charge in [0.25, 0.3) is 0 Å². The smallest absolute Gasteiger partial charge is 0.373 e. The van der Waals surface area contributed by atoms with Gasteiger partial charge < -0.3 is 14.3 Å². The normalized spacial score (nSPS) is 21.6. The number of aromatic nitrogens is 1. The van der Waals surface area contributed by atoms with Gasteiger partial charge >= 0.3 is 5.97 Å². The predicted molar refractivity (Wildman–Crippen MR) is 62.7 cm³/mol. The first-order chi connectivity index (χ1) is 8.63. The summed E-state index contributed by atoms with van der Waals surface area (Å²) in [6, 6.07) is 0. The number of ether oxygens (including phenoxy) is 1. The highest BCUT2D eigenvalue weighted by Crippen LogP contribution is 2.43. The van der Waals surface area contributed by atoms with Crippen molar-refractivity contribution in [2.75, 3.05) is 7.11 Å². The van der Waals surface area contributed by atoms with E-state index in [1.165, 1.54) is 0 Å². The average Bonchev–Trinajstić information content (AvgIpc) is 3.05. The van der Waals surface area contributed by atoms with Gasteiger partial charge in [0.2, 0.25) is 5.76 Å². The molecule has 2 saturated carbocycles. The number of carboxylic acid groups (broad SMARTS) is 1. The van der Waals surface area contributed by atoms with Crippen LogP contribution >= 0.6 is 0 Å². The molecule has 1 aromatic heterocycles. The van der Waals surface area contributed by atoms with Crippen molar-refractivity contribution < 1.29 is 19.1 Å². The third-order valence-electron chi connectivity index (χ3n) is 4.03. The quantitative estimate of drug-likeness (QED) is 0.869. The van der Waals surface area contributed by atoms with Crippen molar-refractivity contribution >= 4 is 5.97 Å². The van der Waals surface area contributed by atoms with E-state index < -0.39 is 5.97 Å². The fourth-order valence-corrected chi connectivity index (χ4v) is 2.54. The Bertz CT molecular complexity index is 466. The minimum Gasteiger partial charge on any atom is -0.475 e. The first-order valence-corrected chi connectivity index (χ1v) is 6.41. The lowest BCUT2D eigenvalue weighted by molar-refractivity contribution is -0.0746. The maximum atomic E-state index is 11.1. The molecule has 0 amide bonds. The molecule has 1 heterocycles. The summed E-state index contributed by atoms with van der Waals surface area (Å²) in [4.78, 5) is 15.5. The van der Waals surface area contributed by atoms with E-state index >= 15 is 0 Å². The van der Waals surface area contributed by atoms with Crippen LogP contribution < -0.4 is 0 Å². The van der Waals surface area contributed by atoms with E-state index in [-0.39, 0.29) is 17.3 Å². The number of hydrogen-bond donors (Lipinski definition) is 1. The molecule has 5 nitrogen and oxygen atoms in total. The van der Waals surface area contributed by atoms with Gasteiger partial charge in [0.15, 0.2) is 5.89 Å². The Hall–Kier alpha value is -1.36. The maximum Gasteiger partial charge on any atom is 0.373 e. The van der Waals surface area contributed by atoms with Crippen LogP contribution in [0.25, 0.3) is 0 Å². The molecule has 2 aliphatic rings. The summed E-state index contributed by atoms with van der Waals surface area (Å²) in [5, 5.41) is 9.12. The van der Waals surface area contributed by atoms with Crippen LogP contribution in [0.2, 0.25) is 0 Å². The molecule has 0 unspecified atom stereocenters. The number of carboxylic acids is 1. The van der Waals surface area contributed by atoms with E-state index in [0.717, 1.165) is 32.1 Å². The molecule has 0 saturated heterocycles. The van der Waals surface area contributed by atoms with Crippen LogP contribution in [-0.2, 0) is 11.2 Å². The SMILES string of the molecule is COC1(Cc2nc(C3CC3)c(C(=O)O)o2)CCC1. The van der Waals surface area contributed by atoms with E-state index in [9.17, 15) is 4.79 Å². The van der Waals surface area contributed by atoms with Crippen LogP contribution in [-0.4, -0.2) is 28.8 Å². The lowest BCUT2D eigenvalue weighted by Crippen LogP contribution is -2.41. The Morgan fingerprint density at radius 2 is 2.28 bits per heavy atom. The summed E-state index contributed by atoms with van der Waals surface area (Å²) in [7, 11) is 1.70. The molecule has 0 bridgehead atoms. The second-order valence-electron chi connectivity index (χ2n) is 5.32. The van der Waals surface area contributed by atoms with Gasteiger partial charge in [0, 0.05) is 13.0 Å². The number of nitrogens with zero attached hydrogens (tertiary/aromatic N) is 1. The zero-order chi connectivity index (χ0) is 12.8. The molecule has 1 aromatic rings. The van der Waals surface area contributed by atoms with E-state index in [1.807, 2.05) is 0 Å². The number of methoxy groups -OCH3 is 1. The van der Waals surface area contributed by atoms with Crippen molar-refractivity contribution in [1.82, 2.24) is 4.98 Å². The number of hydrogen-bond acceptors (Lipinski definition) is 4. The molecule has 1 N–H and O–H groups in total. The molecule has 98 valence electrons. The van der Waals surface area contributed by atoms with Gasteiger partial charge in [0.1, 0.15) is 0 Å². The van der Waals surface area contributed by atoms with Crippen molar-refractivity contribution in [2.45, 2.75) is 50.0 Å². The topological polar surface area (TPSA) is 72.6 Å². The highest BCUT2D eigenvalue weighted by atomic mass is 16.5. The highest BCUT2D eigenvalue weighted by molar-refractivity contribution is 5.85. The number of oxazole rings is 1. The number of aromatic carboxylic acids is 1. The zero-order valence-corrected chi connectivity index (χ0v) is 10.4. The predicted octanol–water partition coefficient (Wildman–Crippen LogP) is 2.36. The third-order valence-corrected chi connectivity index (χ3v) is 4.03. The van der Waals surface area contributed by atoms with Crippen molar-refractivity contribution in [3.05, 3.63) is 17.3 Å². The number of rotatable bonds is 5. The maximum absolute atomic E-state index is 11.1. The first kappa shape index (κ1) is 11.7. The van der Waals surface area contributed by atoms with Gasteiger partial charge in [-0.15, -0.1) is 0 Å². The zero-order valence-electron chi connectivity index (χ0n) is 10.4. The monoisotopic (exact) mass is 251 g/mol. The molecule has 0 spiro atoms. The van der Waals surface area contributed by atoms with E-state index in [2.05, 4.69) is 4.98 Å². The average molecular weight is 251 g/mol. The second-order valence-corrected chi connectivity index (χ2v) is 5.32. The van der Waals surface area contributed by atoms with Crippen LogP contribution in [0.1, 0.15) is 60.2 Å². The van der Waals surface area contributed by atoms with Crippen molar-refractivity contribution in [3.8, 4) is 0 Å². The lowest BCUT2D eigenvalue weighted by atomic mass is 9.77. The summed E-state index contributed by atoms with van der Waals surface area (Å²) in [5.41, 5.74) is 0.449. The van der Waals surface area contributed by atoms with Gasteiger partial charge in [-0.25, -0.2) is 9.78 Å². The fourth-order valence-electron chi connectivity index (χ4n) is 2.54. The van der Waals surface area contributed by atoms with Gasteiger partial charge in [-0.05, 0) is 32.1 Å². The summed E-state index contributed by atoms with van der Waals surface area (Å²) in [6.45, 7) is 0. The standard InChI is InChI=1S/C13H17NO4/c1-17-13(5-2-6-13)7-9-14-10(8-3-4-8)11(18-9)12(15)16/h8H,2-7H2,1H3,(H,15,16). The van der Waals surface area contributed by atoms with Gasteiger partial charge in [-0.2, -0.15) is 0 Å². The molecule has 0 aromatic carbocycles. The van der Waals surface area contributed by atoms with Gasteiger partial charge in [-0.1, -0.05) is 0 Å². The van der Waals surface area contributed by atoms with Crippen LogP contribution in [0.15, 0.2) is 4.42 Å². The highest BCUT2D eigenvalue weighted by Gasteiger charge is 2.40. The van der Waals surface area contributed by atoms with Crippen molar-refractivity contribution in [1.29, 1.82) is 0 Å². The fraction of sp³-hybridized carbons (Fsp3) is 0.692. The van der Waals surface area contributed by atoms with Gasteiger partial charge in [-0.3, -0.25) is 0 Å². The summed E-state index contributed by atoms with van der Waals surface area (Å²) < 4.78 is 10.9. The summed E-state index contributed by atoms with van der Waals surface area (Å²) in [5.74, 6) is -0.196. The van der Waals surface area contributed by atoms with Gasteiger partial charge in [0.05, 0.1) is 17.7 Å². The molecular formula is C13H17NO4. The molecular weight excluding hydrogens is 234 g/mol. The minimum atomic E-state index is -1.02. The second kappa shape index (κ2) is 4.09. The number of carbonyl (C=O) groups is 1. The van der Waals surface area contributed by atoms with E-state index in [0.29, 0.717) is 18.0 Å². The largest absolute Gasteiger partial charge is 0.475 e. The van der Waals surface area contributed by atoms with Crippen LogP contribution in [0.5, 0.6) is 0 Å².